The summed E-state index contributed by atoms with van der Waals surface area (Å²) >= 11 is 3.28. The lowest BCUT2D eigenvalue weighted by molar-refractivity contribution is -0.120. The van der Waals surface area contributed by atoms with Crippen molar-refractivity contribution in [2.24, 2.45) is 0 Å². The largest absolute Gasteiger partial charge is 0.487 e. The van der Waals surface area contributed by atoms with Crippen LogP contribution in [0.2, 0.25) is 0 Å². The molecule has 3 rings (SSSR count). The Labute approximate surface area is 210 Å². The van der Waals surface area contributed by atoms with Gasteiger partial charge >= 0.3 is 0 Å². The van der Waals surface area contributed by atoms with Crippen molar-refractivity contribution in [3.63, 3.8) is 0 Å². The van der Waals surface area contributed by atoms with E-state index < -0.39 is 11.6 Å². The van der Waals surface area contributed by atoms with E-state index >= 15 is 0 Å². The summed E-state index contributed by atoms with van der Waals surface area (Å²) in [5.74, 6) is -1.17. The fraction of sp³-hybridized carbons (Fsp3) is 0.250. The van der Waals surface area contributed by atoms with Gasteiger partial charge in [-0.1, -0.05) is 24.3 Å². The van der Waals surface area contributed by atoms with Crippen LogP contribution < -0.4 is 20.9 Å². The molecule has 0 atom stereocenters. The van der Waals surface area contributed by atoms with E-state index in [-0.39, 0.29) is 52.8 Å². The van der Waals surface area contributed by atoms with Gasteiger partial charge in [-0.3, -0.25) is 9.59 Å². The normalized spacial score (nSPS) is 10.5. The Morgan fingerprint density at radius 1 is 1.09 bits per heavy atom. The topological polar surface area (TPSA) is 72.4 Å². The lowest BCUT2D eigenvalue weighted by atomic mass is 10.1. The molecule has 0 aliphatic carbocycles. The number of aromatic nitrogens is 1. The smallest absolute Gasteiger partial charge is 0.269 e. The second kappa shape index (κ2) is 12.6. The first-order valence-corrected chi connectivity index (χ1v) is 11.0. The van der Waals surface area contributed by atoms with Crippen LogP contribution in [0.3, 0.4) is 0 Å². The van der Waals surface area contributed by atoms with Crippen LogP contribution in [0.25, 0.3) is 0 Å². The van der Waals surface area contributed by atoms with Gasteiger partial charge in [0.2, 0.25) is 5.91 Å². The van der Waals surface area contributed by atoms with Crippen molar-refractivity contribution in [2.75, 3.05) is 13.6 Å². The highest BCUT2D eigenvalue weighted by Gasteiger charge is 2.14. The molecule has 0 fully saturated rings. The molecule has 3 aromatic rings. The van der Waals surface area contributed by atoms with Crippen molar-refractivity contribution in [2.45, 2.75) is 26.6 Å². The Balaban J connectivity index is 0.00000408. The van der Waals surface area contributed by atoms with E-state index in [1.54, 1.807) is 24.6 Å². The number of hydrogen-bond acceptors (Lipinski definition) is 4. The van der Waals surface area contributed by atoms with Gasteiger partial charge in [0, 0.05) is 29.9 Å². The van der Waals surface area contributed by atoms with Crippen LogP contribution in [-0.4, -0.2) is 24.1 Å². The number of carbonyl (C=O) groups is 1. The number of pyridine rings is 1. The molecular weight excluding hydrogens is 532 g/mol. The number of ether oxygens (including phenoxy) is 1. The molecule has 182 valence electrons. The van der Waals surface area contributed by atoms with Crippen LogP contribution in [0.5, 0.6) is 5.75 Å². The SMILES string of the molecule is CNCC(=O)NCc1ccc(Cn2c(C)cc(OCc3ccc(F)cc3F)c(Br)c2=O)cc1.Cl. The van der Waals surface area contributed by atoms with Crippen LogP contribution in [0.15, 0.2) is 57.8 Å². The molecule has 1 aromatic heterocycles. The minimum atomic E-state index is -0.707. The first-order valence-electron chi connectivity index (χ1n) is 10.2. The number of rotatable bonds is 9. The zero-order valence-electron chi connectivity index (χ0n) is 18.7. The molecule has 0 spiro atoms. The lowest BCUT2D eigenvalue weighted by Crippen LogP contribution is -2.31. The summed E-state index contributed by atoms with van der Waals surface area (Å²) in [7, 11) is 1.71. The van der Waals surface area contributed by atoms with Gasteiger partial charge < -0.3 is 19.9 Å². The fourth-order valence-electron chi connectivity index (χ4n) is 3.18. The molecule has 0 aliphatic heterocycles. The van der Waals surface area contributed by atoms with E-state index in [4.69, 9.17) is 4.74 Å². The summed E-state index contributed by atoms with van der Waals surface area (Å²) < 4.78 is 34.4. The summed E-state index contributed by atoms with van der Waals surface area (Å²) in [6.07, 6.45) is 0. The van der Waals surface area contributed by atoms with Crippen LogP contribution in [0.1, 0.15) is 22.4 Å². The molecule has 10 heteroatoms. The molecule has 0 bridgehead atoms. The van der Waals surface area contributed by atoms with Gasteiger partial charge in [0.25, 0.3) is 5.56 Å². The monoisotopic (exact) mass is 555 g/mol. The fourth-order valence-corrected chi connectivity index (χ4v) is 3.62. The molecule has 0 aliphatic rings. The highest BCUT2D eigenvalue weighted by Crippen LogP contribution is 2.24. The summed E-state index contributed by atoms with van der Waals surface area (Å²) in [5.41, 5.74) is 2.44. The van der Waals surface area contributed by atoms with Crippen LogP contribution >= 0.6 is 28.3 Å². The minimum Gasteiger partial charge on any atom is -0.487 e. The summed E-state index contributed by atoms with van der Waals surface area (Å²) in [6, 6.07) is 12.6. The third-order valence-electron chi connectivity index (χ3n) is 5.00. The molecule has 0 unspecified atom stereocenters. The Hall–Kier alpha value is -2.75. The zero-order valence-corrected chi connectivity index (χ0v) is 21.1. The average Bonchev–Trinajstić information content (AvgIpc) is 2.79. The molecule has 0 radical (unpaired) electrons. The third-order valence-corrected chi connectivity index (χ3v) is 5.73. The summed E-state index contributed by atoms with van der Waals surface area (Å²) in [4.78, 5) is 24.5. The van der Waals surface area contributed by atoms with Gasteiger partial charge in [0.15, 0.2) is 0 Å². The van der Waals surface area contributed by atoms with Crippen molar-refractivity contribution in [3.8, 4) is 5.75 Å². The third kappa shape index (κ3) is 7.12. The van der Waals surface area contributed by atoms with E-state index in [9.17, 15) is 18.4 Å². The molecule has 0 saturated heterocycles. The number of nitrogens with zero attached hydrogens (tertiary/aromatic N) is 1. The highest BCUT2D eigenvalue weighted by molar-refractivity contribution is 9.10. The number of nitrogens with one attached hydrogen (secondary N) is 2. The number of aryl methyl sites for hydroxylation is 1. The van der Waals surface area contributed by atoms with Gasteiger partial charge in [-0.2, -0.15) is 0 Å². The number of hydrogen-bond donors (Lipinski definition) is 2. The Bertz CT molecular complexity index is 1200. The number of carbonyl (C=O) groups excluding carboxylic acids is 1. The van der Waals surface area contributed by atoms with Crippen molar-refractivity contribution in [1.29, 1.82) is 0 Å². The second-order valence-electron chi connectivity index (χ2n) is 7.50. The average molecular weight is 557 g/mol. The molecule has 0 saturated carbocycles. The van der Waals surface area contributed by atoms with Crippen molar-refractivity contribution < 1.29 is 18.3 Å². The maximum Gasteiger partial charge on any atom is 0.269 e. The number of likely N-dealkylation sites (N-methyl/N-ethyl adjacent to an activating group) is 1. The van der Waals surface area contributed by atoms with E-state index in [1.165, 1.54) is 6.07 Å². The number of benzene rings is 2. The summed E-state index contributed by atoms with van der Waals surface area (Å²) in [6.45, 7) is 2.67. The standard InChI is InChI=1S/C24H24BrF2N3O3.ClH/c1-15-9-21(33-14-18-7-8-19(26)10-20(18)27)23(25)24(32)30(15)13-17-5-3-16(4-6-17)11-29-22(31)12-28-2;/h3-10,28H,11-14H2,1-2H3,(H,29,31);1H. The first-order chi connectivity index (χ1) is 15.8. The molecule has 2 N–H and O–H groups in total. The number of halogens is 4. The van der Waals surface area contributed by atoms with Crippen LogP contribution in [-0.2, 0) is 24.5 Å². The van der Waals surface area contributed by atoms with Crippen molar-refractivity contribution in [3.05, 3.63) is 97.4 Å². The van der Waals surface area contributed by atoms with E-state index in [2.05, 4.69) is 26.6 Å². The molecule has 34 heavy (non-hydrogen) atoms. The predicted octanol–water partition coefficient (Wildman–Crippen LogP) is 4.08. The lowest BCUT2D eigenvalue weighted by Gasteiger charge is -2.15. The molecule has 1 heterocycles. The minimum absolute atomic E-state index is 0. The molecule has 6 nitrogen and oxygen atoms in total. The van der Waals surface area contributed by atoms with Gasteiger partial charge in [-0.05, 0) is 53.2 Å². The highest BCUT2D eigenvalue weighted by atomic mass is 79.9. The summed E-state index contributed by atoms with van der Waals surface area (Å²) in [5, 5.41) is 5.60. The Morgan fingerprint density at radius 3 is 2.41 bits per heavy atom. The quantitative estimate of drug-likeness (QED) is 0.417. The van der Waals surface area contributed by atoms with Crippen LogP contribution in [0.4, 0.5) is 8.78 Å². The molecule has 1 amide bonds. The van der Waals surface area contributed by atoms with Gasteiger partial charge in [-0.25, -0.2) is 8.78 Å². The maximum atomic E-state index is 13.8. The molecule has 2 aromatic carbocycles. The van der Waals surface area contributed by atoms with E-state index in [0.717, 1.165) is 23.3 Å². The van der Waals surface area contributed by atoms with E-state index in [0.29, 0.717) is 18.8 Å². The van der Waals surface area contributed by atoms with E-state index in [1.807, 2.05) is 24.3 Å². The zero-order chi connectivity index (χ0) is 24.0. The molecular formula is C24H25BrClF2N3O3. The van der Waals surface area contributed by atoms with Crippen molar-refractivity contribution in [1.82, 2.24) is 15.2 Å². The predicted molar refractivity (Wildman–Crippen MR) is 132 cm³/mol. The maximum absolute atomic E-state index is 13.8. The van der Waals surface area contributed by atoms with Gasteiger partial charge in [0.1, 0.15) is 28.5 Å². The Morgan fingerprint density at radius 2 is 1.76 bits per heavy atom. The van der Waals surface area contributed by atoms with Gasteiger partial charge in [-0.15, -0.1) is 12.4 Å². The second-order valence-corrected chi connectivity index (χ2v) is 8.30. The van der Waals surface area contributed by atoms with Crippen LogP contribution in [0, 0.1) is 18.6 Å². The van der Waals surface area contributed by atoms with Gasteiger partial charge in [0.05, 0.1) is 13.1 Å². The first kappa shape index (κ1) is 27.5. The van der Waals surface area contributed by atoms with Crippen molar-refractivity contribution >= 4 is 34.2 Å². The number of amides is 1. The Kier molecular flexibility index (Phi) is 10.2.